The van der Waals surface area contributed by atoms with Gasteiger partial charge in [0.15, 0.2) is 0 Å². The van der Waals surface area contributed by atoms with E-state index in [2.05, 4.69) is 13.8 Å². The Balaban J connectivity index is 2.48. The minimum absolute atomic E-state index is 0.166. The molecule has 0 aliphatic carbocycles. The Bertz CT molecular complexity index is 205. The number of cyclic esters (lactones) is 1. The highest BCUT2D eigenvalue weighted by Crippen LogP contribution is 2.17. The Morgan fingerprint density at radius 1 is 1.60 bits per heavy atom. The molecule has 1 rings (SSSR count). The Hall–Kier alpha value is -0.770. The number of carbonyl (C=O) groups excluding carboxylic acids is 1. The van der Waals surface area contributed by atoms with Crippen LogP contribution in [0, 0.1) is 5.92 Å². The lowest BCUT2D eigenvalue weighted by Crippen LogP contribution is -2.47. The average Bonchev–Trinajstić information content (AvgIpc) is 2.17. The van der Waals surface area contributed by atoms with Crippen LogP contribution in [0.2, 0.25) is 0 Å². The molecule has 2 N–H and O–H groups in total. The zero-order chi connectivity index (χ0) is 11.3. The van der Waals surface area contributed by atoms with Gasteiger partial charge in [0, 0.05) is 19.0 Å². The minimum Gasteiger partial charge on any atom is -0.449 e. The Morgan fingerprint density at radius 2 is 2.33 bits per heavy atom. The summed E-state index contributed by atoms with van der Waals surface area (Å²) in [6, 6.07) is 0.287. The molecule has 1 unspecified atom stereocenters. The first-order valence-electron chi connectivity index (χ1n) is 5.78. The van der Waals surface area contributed by atoms with Gasteiger partial charge in [-0.05, 0) is 25.3 Å². The summed E-state index contributed by atoms with van der Waals surface area (Å²) in [4.78, 5) is 13.4. The number of nitrogens with zero attached hydrogens (tertiary/aromatic N) is 1. The van der Waals surface area contributed by atoms with Crippen LogP contribution in [0.1, 0.15) is 33.1 Å². The molecule has 4 heteroatoms. The lowest BCUT2D eigenvalue weighted by molar-refractivity contribution is 0.0406. The summed E-state index contributed by atoms with van der Waals surface area (Å²) in [6.45, 7) is 6.29. The standard InChI is InChI=1S/C11H22N2O2/c1-9(2)4-7-13-10(3-6-12)5-8-15-11(13)14/h9-10H,3-8,12H2,1-2H3. The van der Waals surface area contributed by atoms with Crippen molar-refractivity contribution in [3.8, 4) is 0 Å². The maximum absolute atomic E-state index is 11.6. The van der Waals surface area contributed by atoms with Crippen LogP contribution in [0.25, 0.3) is 0 Å². The first-order chi connectivity index (χ1) is 7.15. The van der Waals surface area contributed by atoms with E-state index in [4.69, 9.17) is 10.5 Å². The number of amides is 1. The molecule has 4 nitrogen and oxygen atoms in total. The van der Waals surface area contributed by atoms with E-state index in [-0.39, 0.29) is 12.1 Å². The van der Waals surface area contributed by atoms with Crippen LogP contribution < -0.4 is 5.73 Å². The van der Waals surface area contributed by atoms with E-state index in [9.17, 15) is 4.79 Å². The zero-order valence-corrected chi connectivity index (χ0v) is 9.74. The van der Waals surface area contributed by atoms with Crippen molar-refractivity contribution in [1.82, 2.24) is 4.90 Å². The second kappa shape index (κ2) is 5.95. The summed E-state index contributed by atoms with van der Waals surface area (Å²) in [5.41, 5.74) is 5.54. The van der Waals surface area contributed by atoms with Crippen molar-refractivity contribution >= 4 is 6.09 Å². The van der Waals surface area contributed by atoms with Crippen LogP contribution >= 0.6 is 0 Å². The Kier molecular flexibility index (Phi) is 4.88. The fourth-order valence-electron chi connectivity index (χ4n) is 1.83. The molecule has 1 amide bonds. The SMILES string of the molecule is CC(C)CCN1C(=O)OCCC1CCN. The molecule has 15 heavy (non-hydrogen) atoms. The number of rotatable bonds is 5. The fourth-order valence-corrected chi connectivity index (χ4v) is 1.83. The molecule has 0 aromatic carbocycles. The normalized spacial score (nSPS) is 22.0. The Morgan fingerprint density at radius 3 is 2.93 bits per heavy atom. The molecule has 0 spiro atoms. The second-order valence-electron chi connectivity index (χ2n) is 4.51. The zero-order valence-electron chi connectivity index (χ0n) is 9.74. The molecular weight excluding hydrogens is 192 g/mol. The molecule has 0 aromatic rings. The highest BCUT2D eigenvalue weighted by atomic mass is 16.6. The van der Waals surface area contributed by atoms with Crippen molar-refractivity contribution in [1.29, 1.82) is 0 Å². The van der Waals surface area contributed by atoms with Crippen molar-refractivity contribution in [3.05, 3.63) is 0 Å². The maximum atomic E-state index is 11.6. The highest BCUT2D eigenvalue weighted by molar-refractivity contribution is 5.68. The third-order valence-corrected chi connectivity index (χ3v) is 2.80. The van der Waals surface area contributed by atoms with E-state index < -0.39 is 0 Å². The van der Waals surface area contributed by atoms with Gasteiger partial charge in [-0.25, -0.2) is 4.79 Å². The van der Waals surface area contributed by atoms with Crippen molar-refractivity contribution in [2.75, 3.05) is 19.7 Å². The third-order valence-electron chi connectivity index (χ3n) is 2.80. The van der Waals surface area contributed by atoms with Crippen LogP contribution in [0.3, 0.4) is 0 Å². The molecule has 1 atom stereocenters. The van der Waals surface area contributed by atoms with Gasteiger partial charge in [-0.2, -0.15) is 0 Å². The second-order valence-corrected chi connectivity index (χ2v) is 4.51. The van der Waals surface area contributed by atoms with Gasteiger partial charge in [0.1, 0.15) is 0 Å². The molecule has 1 saturated heterocycles. The van der Waals surface area contributed by atoms with Crippen molar-refractivity contribution in [3.63, 3.8) is 0 Å². The van der Waals surface area contributed by atoms with Gasteiger partial charge in [0.25, 0.3) is 0 Å². The van der Waals surface area contributed by atoms with Crippen LogP contribution in [-0.2, 0) is 4.74 Å². The quantitative estimate of drug-likeness (QED) is 0.756. The topological polar surface area (TPSA) is 55.6 Å². The number of ether oxygens (including phenoxy) is 1. The summed E-state index contributed by atoms with van der Waals surface area (Å²) >= 11 is 0. The van der Waals surface area contributed by atoms with E-state index in [1.165, 1.54) is 0 Å². The van der Waals surface area contributed by atoms with Crippen LogP contribution in [0.4, 0.5) is 4.79 Å². The summed E-state index contributed by atoms with van der Waals surface area (Å²) in [5, 5.41) is 0. The van der Waals surface area contributed by atoms with Gasteiger partial charge < -0.3 is 15.4 Å². The summed E-state index contributed by atoms with van der Waals surface area (Å²) in [7, 11) is 0. The van der Waals surface area contributed by atoms with Crippen molar-refractivity contribution in [2.24, 2.45) is 11.7 Å². The van der Waals surface area contributed by atoms with Crippen molar-refractivity contribution in [2.45, 2.75) is 39.2 Å². The maximum Gasteiger partial charge on any atom is 0.410 e. The molecule has 1 aliphatic rings. The predicted octanol–water partition coefficient (Wildman–Crippen LogP) is 1.59. The molecule has 1 aliphatic heterocycles. The lowest BCUT2D eigenvalue weighted by atomic mass is 10.1. The van der Waals surface area contributed by atoms with Gasteiger partial charge in [-0.3, -0.25) is 0 Å². The van der Waals surface area contributed by atoms with Crippen LogP contribution in [-0.4, -0.2) is 36.7 Å². The van der Waals surface area contributed by atoms with E-state index in [1.807, 2.05) is 4.90 Å². The first kappa shape index (κ1) is 12.3. The van der Waals surface area contributed by atoms with E-state index in [0.717, 1.165) is 25.8 Å². The molecular formula is C11H22N2O2. The first-order valence-corrected chi connectivity index (χ1v) is 5.78. The highest BCUT2D eigenvalue weighted by Gasteiger charge is 2.28. The molecule has 0 saturated carbocycles. The van der Waals surface area contributed by atoms with E-state index >= 15 is 0 Å². The van der Waals surface area contributed by atoms with E-state index in [1.54, 1.807) is 0 Å². The molecule has 0 bridgehead atoms. The van der Waals surface area contributed by atoms with Crippen LogP contribution in [0.5, 0.6) is 0 Å². The molecule has 1 heterocycles. The number of hydrogen-bond acceptors (Lipinski definition) is 3. The molecule has 0 radical (unpaired) electrons. The number of carbonyl (C=O) groups is 1. The van der Waals surface area contributed by atoms with Gasteiger partial charge >= 0.3 is 6.09 Å². The molecule has 0 aromatic heterocycles. The van der Waals surface area contributed by atoms with Gasteiger partial charge in [-0.15, -0.1) is 0 Å². The van der Waals surface area contributed by atoms with Gasteiger partial charge in [0.2, 0.25) is 0 Å². The fraction of sp³-hybridized carbons (Fsp3) is 0.909. The lowest BCUT2D eigenvalue weighted by Gasteiger charge is -2.35. The Labute approximate surface area is 91.8 Å². The van der Waals surface area contributed by atoms with Gasteiger partial charge in [0.05, 0.1) is 6.61 Å². The van der Waals surface area contributed by atoms with Gasteiger partial charge in [-0.1, -0.05) is 13.8 Å². The largest absolute Gasteiger partial charge is 0.449 e. The van der Waals surface area contributed by atoms with E-state index in [0.29, 0.717) is 19.1 Å². The number of nitrogens with two attached hydrogens (primary N) is 1. The molecule has 88 valence electrons. The van der Waals surface area contributed by atoms with Crippen LogP contribution in [0.15, 0.2) is 0 Å². The summed E-state index contributed by atoms with van der Waals surface area (Å²) in [6.07, 6.45) is 2.66. The average molecular weight is 214 g/mol. The third kappa shape index (κ3) is 3.70. The summed E-state index contributed by atoms with van der Waals surface area (Å²) in [5.74, 6) is 0.609. The monoisotopic (exact) mass is 214 g/mol. The predicted molar refractivity (Wildman–Crippen MR) is 59.6 cm³/mol. The number of hydrogen-bond donors (Lipinski definition) is 1. The smallest absolute Gasteiger partial charge is 0.410 e. The summed E-state index contributed by atoms with van der Waals surface area (Å²) < 4.78 is 5.05. The minimum atomic E-state index is -0.166. The molecule has 1 fully saturated rings. The van der Waals surface area contributed by atoms with Crippen molar-refractivity contribution < 1.29 is 9.53 Å².